The van der Waals surface area contributed by atoms with E-state index in [-0.39, 0.29) is 50.0 Å². The lowest BCUT2D eigenvalue weighted by atomic mass is 9.89. The fourth-order valence-electron chi connectivity index (χ4n) is 13.3. The molecule has 0 aromatic heterocycles. The second-order valence-corrected chi connectivity index (χ2v) is 30.9. The molecular weight excluding hydrogens is 1600 g/mol. The molecule has 0 bridgehead atoms. The van der Waals surface area contributed by atoms with Crippen molar-refractivity contribution in [3.63, 3.8) is 0 Å². The van der Waals surface area contributed by atoms with Crippen LogP contribution >= 0.6 is 0 Å². The van der Waals surface area contributed by atoms with Gasteiger partial charge in [0.1, 0.15) is 47.9 Å². The normalized spacial score (nSPS) is 14.0. The summed E-state index contributed by atoms with van der Waals surface area (Å²) in [7, 11) is 13.9. The summed E-state index contributed by atoms with van der Waals surface area (Å²) in [5.41, 5.74) is 8.03. The molecule has 6 rings (SSSR count). The first-order valence-electron chi connectivity index (χ1n) is 39.6. The molecule has 32 nitrogen and oxygen atoms in total. The van der Waals surface area contributed by atoms with E-state index < -0.39 is 179 Å². The summed E-state index contributed by atoms with van der Waals surface area (Å²) in [5, 5.41) is 33.1. The predicted octanol–water partition coefficient (Wildman–Crippen LogP) is 6.67. The number of hydrogen-bond acceptors (Lipinski definition) is 21. The van der Waals surface area contributed by atoms with Crippen LogP contribution < -0.4 is 60.7 Å². The summed E-state index contributed by atoms with van der Waals surface area (Å²) < 4.78 is 66.1. The van der Waals surface area contributed by atoms with Gasteiger partial charge >= 0.3 is 18.0 Å². The van der Waals surface area contributed by atoms with Crippen molar-refractivity contribution in [2.75, 3.05) is 70.8 Å². The number of likely N-dealkylation sites (N-methyl/N-ethyl adjacent to an activating group) is 4. The van der Waals surface area contributed by atoms with Crippen LogP contribution in [0.25, 0.3) is 0 Å². The molecule has 123 heavy (non-hydrogen) atoms. The number of halogens is 2. The fourth-order valence-corrected chi connectivity index (χ4v) is 13.3. The maximum Gasteiger partial charge on any atom is 0.408 e. The van der Waals surface area contributed by atoms with Crippen LogP contribution in [0, 0.1) is 23.5 Å². The molecule has 0 spiro atoms. The van der Waals surface area contributed by atoms with E-state index >= 15 is 0 Å². The number of nitrogens with zero attached hydrogens (tertiary/aromatic N) is 4. The molecule has 6 aromatic carbocycles. The highest BCUT2D eigenvalue weighted by Gasteiger charge is 2.40. The Kier molecular flexibility index (Phi) is 38.9. The van der Waals surface area contributed by atoms with E-state index in [2.05, 4.69) is 26.6 Å². The quantitative estimate of drug-likeness (QED) is 0.0198. The number of nitrogens with two attached hydrogens (primary N) is 1. The van der Waals surface area contributed by atoms with Crippen molar-refractivity contribution in [2.45, 2.75) is 180 Å². The fraction of sp³-hybridized carbons (Fsp3) is 0.449. The minimum absolute atomic E-state index is 0.0110. The number of carbonyl (C=O) groups excluding carboxylic acids is 11. The van der Waals surface area contributed by atoms with Crippen molar-refractivity contribution < 1.29 is 114 Å². The van der Waals surface area contributed by atoms with Crippen LogP contribution in [0.3, 0.4) is 0 Å². The van der Waals surface area contributed by atoms with E-state index in [1.54, 1.807) is 118 Å². The average Bonchev–Trinajstić information content (AvgIpc) is 0.838. The van der Waals surface area contributed by atoms with Gasteiger partial charge in [-0.2, -0.15) is 0 Å². The van der Waals surface area contributed by atoms with Gasteiger partial charge in [-0.1, -0.05) is 84.9 Å². The van der Waals surface area contributed by atoms with Crippen molar-refractivity contribution >= 4 is 76.9 Å². The molecule has 0 saturated carbocycles. The zero-order valence-electron chi connectivity index (χ0n) is 73.0. The number of ketones is 2. The molecule has 0 radical (unpaired) electrons. The van der Waals surface area contributed by atoms with E-state index in [4.69, 9.17) is 38.9 Å². The number of methoxy groups -OCH3 is 6. The number of nitrogens with one attached hydrogen (secondary N) is 5. The highest BCUT2D eigenvalue weighted by molar-refractivity contribution is 5.99. The lowest BCUT2D eigenvalue weighted by molar-refractivity contribution is -0.146. The molecule has 9 N–H and O–H groups in total. The Morgan fingerprint density at radius 1 is 0.358 bits per heavy atom. The molecule has 0 fully saturated rings. The Labute approximate surface area is 715 Å². The monoisotopic (exact) mass is 1710 g/mol. The highest BCUT2D eigenvalue weighted by Crippen LogP contribution is 2.32. The van der Waals surface area contributed by atoms with Crippen LogP contribution in [0.1, 0.15) is 109 Å². The van der Waals surface area contributed by atoms with Gasteiger partial charge in [-0.15, -0.1) is 0 Å². The van der Waals surface area contributed by atoms with Gasteiger partial charge in [-0.25, -0.2) is 13.6 Å². The summed E-state index contributed by atoms with van der Waals surface area (Å²) in [5.74, 6) is -11.3. The van der Waals surface area contributed by atoms with Gasteiger partial charge < -0.3 is 95.3 Å². The van der Waals surface area contributed by atoms with Crippen LogP contribution in [-0.4, -0.2) is 244 Å². The van der Waals surface area contributed by atoms with Crippen molar-refractivity contribution in [2.24, 2.45) is 17.6 Å². The molecule has 6 aromatic rings. The number of ether oxygens (including phenoxy) is 7. The van der Waals surface area contributed by atoms with Crippen LogP contribution in [0.4, 0.5) is 13.6 Å². The standard InChI is InChI=1S/C47H62FN5O12.C42H54FN5O10/c1-27(51-46(61)65-47(4,5)6)41(55)49-28(2)44(58)53(8)36(24-32-17-19-38(62-9)34(48)22-32)42(56)50-29(3)43(57)52(7)35(23-30-15-13-12-14-16-30)37(54)26-33(45(59)60)21-31-18-20-39(63-10)40(25-31)64-11;1-24(44)38(50)45-25(2)41(53)48(5)33(21-29-14-16-35(56-6)31(43)19-29)39(51)46-26(3)40(52)47(4)32(20-27-12-10-9-11-13-27)34(49)23-30(42(54)55)18-28-15-17-36(57-7)37(22-28)58-8/h12-20,22,25,27-29,33,35-36H,21,23-24,26H2,1-11H3,(H,49,55)(H,50,56)(H,51,61)(H,59,60);9-17,19,22,24-26,30,32-33H,18,20-21,23,44H2,1-8H3,(H,45,50)(H,46,51)(H,54,55)/t27-,28+,29+,33-,35+,36+;24-,25+,26+,30-,32+,33+/m11/s1. The van der Waals surface area contributed by atoms with Gasteiger partial charge in [0, 0.05) is 53.9 Å². The van der Waals surface area contributed by atoms with Gasteiger partial charge in [0.25, 0.3) is 0 Å². The van der Waals surface area contributed by atoms with Gasteiger partial charge in [0.2, 0.25) is 47.3 Å². The van der Waals surface area contributed by atoms with E-state index in [0.717, 1.165) is 21.9 Å². The number of carboxylic acids is 2. The molecule has 0 aliphatic heterocycles. The average molecular weight is 1720 g/mol. The third-order valence-corrected chi connectivity index (χ3v) is 20.4. The van der Waals surface area contributed by atoms with Gasteiger partial charge in [0.15, 0.2) is 57.7 Å². The van der Waals surface area contributed by atoms with Crippen molar-refractivity contribution in [1.29, 1.82) is 0 Å². The Morgan fingerprint density at radius 3 is 0.935 bits per heavy atom. The Morgan fingerprint density at radius 2 is 0.642 bits per heavy atom. The molecule has 34 heteroatoms. The molecular formula is C89H116F2N10O22. The molecule has 0 aliphatic carbocycles. The first-order valence-corrected chi connectivity index (χ1v) is 39.6. The molecule has 668 valence electrons. The largest absolute Gasteiger partial charge is 0.494 e. The number of Topliss-reactive ketones (excluding diaryl/α,β-unsaturated/α-hetero) is 2. The van der Waals surface area contributed by atoms with Crippen molar-refractivity contribution in [3.8, 4) is 34.5 Å². The van der Waals surface area contributed by atoms with Crippen LogP contribution in [-0.2, 0) is 101 Å². The van der Waals surface area contributed by atoms with E-state index in [1.165, 1.54) is 146 Å². The van der Waals surface area contributed by atoms with Crippen LogP contribution in [0.15, 0.2) is 133 Å². The smallest absolute Gasteiger partial charge is 0.408 e. The molecule has 0 saturated heterocycles. The van der Waals surface area contributed by atoms with Crippen molar-refractivity contribution in [3.05, 3.63) is 178 Å². The Bertz CT molecular complexity index is 4670. The number of benzene rings is 6. The first kappa shape index (κ1) is 101. The second kappa shape index (κ2) is 47.5. The van der Waals surface area contributed by atoms with E-state index in [0.29, 0.717) is 56.4 Å². The number of hydrogen-bond donors (Lipinski definition) is 8. The first-order chi connectivity index (χ1) is 57.9. The molecule has 0 unspecified atom stereocenters. The lowest BCUT2D eigenvalue weighted by Gasteiger charge is -2.33. The summed E-state index contributed by atoms with van der Waals surface area (Å²) >= 11 is 0. The lowest BCUT2D eigenvalue weighted by Crippen LogP contribution is -2.58. The maximum absolute atomic E-state index is 14.9. The maximum atomic E-state index is 14.9. The van der Waals surface area contributed by atoms with Crippen LogP contribution in [0.2, 0.25) is 0 Å². The minimum Gasteiger partial charge on any atom is -0.494 e. The number of rotatable bonds is 43. The Balaban J connectivity index is 0.000000440. The van der Waals surface area contributed by atoms with Crippen LogP contribution in [0.5, 0.6) is 34.5 Å². The topological polar surface area (TPSA) is 426 Å². The Hall–Kier alpha value is -12.8. The second-order valence-electron chi connectivity index (χ2n) is 30.9. The molecule has 9 amide bonds. The number of carboxylic acid groups (broad SMARTS) is 2. The van der Waals surface area contributed by atoms with Gasteiger partial charge in [0.05, 0.1) is 72.6 Å². The number of aliphatic carboxylic acids is 2. The van der Waals surface area contributed by atoms with E-state index in [9.17, 15) is 81.3 Å². The highest BCUT2D eigenvalue weighted by atomic mass is 19.1. The molecule has 12 atom stereocenters. The number of amides is 9. The van der Waals surface area contributed by atoms with Gasteiger partial charge in [-0.05, 0) is 170 Å². The summed E-state index contributed by atoms with van der Waals surface area (Å²) in [4.78, 5) is 179. The summed E-state index contributed by atoms with van der Waals surface area (Å²) in [6.07, 6.45) is -2.08. The zero-order chi connectivity index (χ0) is 92.0. The zero-order valence-corrected chi connectivity index (χ0v) is 73.0. The predicted molar refractivity (Wildman–Crippen MR) is 451 cm³/mol. The number of alkyl carbamates (subject to hydrolysis) is 1. The molecule has 0 aliphatic rings. The number of carbonyl (C=O) groups is 13. The minimum atomic E-state index is -1.37. The third kappa shape index (κ3) is 30.1. The third-order valence-electron chi connectivity index (χ3n) is 20.4. The van der Waals surface area contributed by atoms with E-state index in [1.807, 2.05) is 0 Å². The summed E-state index contributed by atoms with van der Waals surface area (Å²) in [6, 6.07) is 23.9. The summed E-state index contributed by atoms with van der Waals surface area (Å²) in [6.45, 7) is 13.4. The SMILES string of the molecule is COc1ccc(C[C@@H](C(=O)N[C@@H](C)C(=O)N(C)[C@@H](Cc2ccccc2)C(=O)C[C@@H](Cc2ccc(OC)c(OC)c2)C(=O)O)N(C)C(=O)[C@H](C)NC(=O)[C@@H](C)N)cc1F.COc1ccc(C[C@@H](C(=O)N[C@@H](C)C(=O)N(C)[C@@H](Cc2ccccc2)C(=O)C[C@@H](Cc2ccc(OC)c(OC)c2)C(=O)O)N(C)C(=O)[C@H](C)NC(=O)[C@@H](C)NC(=O)OC(C)(C)C)cc1F. The van der Waals surface area contributed by atoms with Crippen molar-refractivity contribution in [1.82, 2.24) is 46.2 Å². The van der Waals surface area contributed by atoms with Gasteiger partial charge in [-0.3, -0.25) is 57.5 Å². The molecule has 0 heterocycles.